The van der Waals surface area contributed by atoms with Crippen LogP contribution in [-0.2, 0) is 4.79 Å². The van der Waals surface area contributed by atoms with Gasteiger partial charge in [0.25, 0.3) is 0 Å². The number of carbonyl (C=O) groups excluding carboxylic acids is 2. The van der Waals surface area contributed by atoms with E-state index in [2.05, 4.69) is 0 Å². The molecule has 0 radical (unpaired) electrons. The second-order valence-electron chi connectivity index (χ2n) is 7.53. The summed E-state index contributed by atoms with van der Waals surface area (Å²) >= 11 is 0. The number of esters is 1. The van der Waals surface area contributed by atoms with E-state index in [1.54, 1.807) is 24.3 Å². The quantitative estimate of drug-likeness (QED) is 0.204. The maximum absolute atomic E-state index is 12.5. The molecule has 6 heteroatoms. The number of hydrogen-bond acceptors (Lipinski definition) is 5. The standard InChI is InChI=1S/C27H25NO5/c1-4-31-22-12-10-20(11-13-22)28-18(2)27(19(3)29)24-16-23(14-15-25(24)28)33-26(30)17-32-21-8-6-5-7-9-21/h5-16H,4,17H2,1-3H3. The molecule has 0 aliphatic rings. The highest BCUT2D eigenvalue weighted by Gasteiger charge is 2.20. The third kappa shape index (κ3) is 4.75. The van der Waals surface area contributed by atoms with E-state index in [-0.39, 0.29) is 12.4 Å². The lowest BCUT2D eigenvalue weighted by Crippen LogP contribution is -2.17. The summed E-state index contributed by atoms with van der Waals surface area (Å²) in [6.45, 7) is 5.77. The number of para-hydroxylation sites is 1. The average molecular weight is 443 g/mol. The lowest BCUT2D eigenvalue weighted by molar-refractivity contribution is -0.136. The Kier molecular flexibility index (Phi) is 6.45. The van der Waals surface area contributed by atoms with Gasteiger partial charge in [-0.25, -0.2) is 4.79 Å². The van der Waals surface area contributed by atoms with Gasteiger partial charge in [-0.15, -0.1) is 0 Å². The van der Waals surface area contributed by atoms with Crippen molar-refractivity contribution < 1.29 is 23.8 Å². The highest BCUT2D eigenvalue weighted by Crippen LogP contribution is 2.33. The molecule has 0 unspecified atom stereocenters. The van der Waals surface area contributed by atoms with Crippen LogP contribution in [0.25, 0.3) is 16.6 Å². The van der Waals surface area contributed by atoms with E-state index >= 15 is 0 Å². The predicted molar refractivity (Wildman–Crippen MR) is 127 cm³/mol. The first-order valence-corrected chi connectivity index (χ1v) is 10.8. The van der Waals surface area contributed by atoms with Crippen LogP contribution in [0.3, 0.4) is 0 Å². The monoisotopic (exact) mass is 443 g/mol. The first-order chi connectivity index (χ1) is 16.0. The number of benzene rings is 3. The van der Waals surface area contributed by atoms with Crippen molar-refractivity contribution in [2.75, 3.05) is 13.2 Å². The maximum Gasteiger partial charge on any atom is 0.349 e. The van der Waals surface area contributed by atoms with E-state index in [4.69, 9.17) is 14.2 Å². The van der Waals surface area contributed by atoms with Gasteiger partial charge >= 0.3 is 5.97 Å². The highest BCUT2D eigenvalue weighted by atomic mass is 16.6. The molecule has 1 aromatic heterocycles. The summed E-state index contributed by atoms with van der Waals surface area (Å²) in [5.41, 5.74) is 3.17. The van der Waals surface area contributed by atoms with Gasteiger partial charge in [0.2, 0.25) is 0 Å². The number of hydrogen-bond donors (Lipinski definition) is 0. The minimum absolute atomic E-state index is 0.0573. The number of carbonyl (C=O) groups is 2. The maximum atomic E-state index is 12.5. The molecule has 0 bridgehead atoms. The Morgan fingerprint density at radius 3 is 2.18 bits per heavy atom. The molecular formula is C27H25NO5. The van der Waals surface area contributed by atoms with Gasteiger partial charge in [-0.05, 0) is 75.4 Å². The van der Waals surface area contributed by atoms with Crippen LogP contribution in [-0.4, -0.2) is 29.5 Å². The molecular weight excluding hydrogens is 418 g/mol. The van der Waals surface area contributed by atoms with Gasteiger partial charge in [0.05, 0.1) is 12.1 Å². The molecule has 0 aliphatic heterocycles. The van der Waals surface area contributed by atoms with Crippen LogP contribution < -0.4 is 14.2 Å². The van der Waals surface area contributed by atoms with Gasteiger partial charge in [-0.1, -0.05) is 18.2 Å². The fourth-order valence-electron chi connectivity index (χ4n) is 3.92. The fourth-order valence-corrected chi connectivity index (χ4v) is 3.92. The number of Topliss-reactive ketones (excluding diaryl/α,β-unsaturated/α-hetero) is 1. The van der Waals surface area contributed by atoms with Crippen molar-refractivity contribution in [3.8, 4) is 22.9 Å². The van der Waals surface area contributed by atoms with E-state index in [0.717, 1.165) is 28.0 Å². The summed E-state index contributed by atoms with van der Waals surface area (Å²) in [7, 11) is 0. The Bertz CT molecular complexity index is 1290. The van der Waals surface area contributed by atoms with Gasteiger partial charge in [0.15, 0.2) is 12.4 Å². The van der Waals surface area contributed by atoms with E-state index < -0.39 is 5.97 Å². The van der Waals surface area contributed by atoms with Crippen LogP contribution >= 0.6 is 0 Å². The zero-order chi connectivity index (χ0) is 23.4. The Labute approximate surface area is 192 Å². The average Bonchev–Trinajstić information content (AvgIpc) is 3.10. The van der Waals surface area contributed by atoms with Gasteiger partial charge in [0, 0.05) is 22.3 Å². The molecule has 0 saturated heterocycles. The smallest absolute Gasteiger partial charge is 0.349 e. The Morgan fingerprint density at radius 1 is 0.848 bits per heavy atom. The Balaban J connectivity index is 1.63. The third-order valence-electron chi connectivity index (χ3n) is 5.27. The van der Waals surface area contributed by atoms with Crippen LogP contribution in [0.2, 0.25) is 0 Å². The van der Waals surface area contributed by atoms with Gasteiger partial charge < -0.3 is 18.8 Å². The second-order valence-corrected chi connectivity index (χ2v) is 7.53. The topological polar surface area (TPSA) is 66.8 Å². The minimum Gasteiger partial charge on any atom is -0.494 e. The van der Waals surface area contributed by atoms with Crippen molar-refractivity contribution in [1.82, 2.24) is 4.57 Å². The zero-order valence-electron chi connectivity index (χ0n) is 18.8. The summed E-state index contributed by atoms with van der Waals surface area (Å²) in [6.07, 6.45) is 0. The number of aromatic nitrogens is 1. The molecule has 168 valence electrons. The van der Waals surface area contributed by atoms with E-state index in [1.807, 2.05) is 66.9 Å². The summed E-state index contributed by atoms with van der Waals surface area (Å²) < 4.78 is 18.5. The summed E-state index contributed by atoms with van der Waals surface area (Å²) in [5, 5.41) is 0.725. The highest BCUT2D eigenvalue weighted by molar-refractivity contribution is 6.09. The minimum atomic E-state index is -0.523. The third-order valence-corrected chi connectivity index (χ3v) is 5.27. The van der Waals surface area contributed by atoms with Crippen molar-refractivity contribution in [3.05, 3.63) is 84.1 Å². The first kappa shape index (κ1) is 22.1. The molecule has 0 aliphatic carbocycles. The van der Waals surface area contributed by atoms with Crippen LogP contribution in [0, 0.1) is 6.92 Å². The van der Waals surface area contributed by atoms with Crippen molar-refractivity contribution in [3.63, 3.8) is 0 Å². The number of ether oxygens (including phenoxy) is 3. The molecule has 1 heterocycles. The number of fused-ring (bicyclic) bond motifs is 1. The normalized spacial score (nSPS) is 10.8. The van der Waals surface area contributed by atoms with Gasteiger partial charge in [0.1, 0.15) is 17.2 Å². The lowest BCUT2D eigenvalue weighted by Gasteiger charge is -2.10. The van der Waals surface area contributed by atoms with Gasteiger partial charge in [-0.2, -0.15) is 0 Å². The van der Waals surface area contributed by atoms with Crippen LogP contribution in [0.4, 0.5) is 0 Å². The van der Waals surface area contributed by atoms with Crippen LogP contribution in [0.15, 0.2) is 72.8 Å². The molecule has 6 nitrogen and oxygen atoms in total. The van der Waals surface area contributed by atoms with Crippen LogP contribution in [0.1, 0.15) is 29.9 Å². The number of nitrogens with zero attached hydrogens (tertiary/aromatic N) is 1. The summed E-state index contributed by atoms with van der Waals surface area (Å²) in [6, 6.07) is 22.1. The molecule has 4 aromatic rings. The van der Waals surface area contributed by atoms with Crippen LogP contribution in [0.5, 0.6) is 17.2 Å². The van der Waals surface area contributed by atoms with E-state index in [1.165, 1.54) is 6.92 Å². The molecule has 4 rings (SSSR count). The van der Waals surface area contributed by atoms with Crippen molar-refractivity contribution >= 4 is 22.7 Å². The van der Waals surface area contributed by atoms with Crippen molar-refractivity contribution in [2.24, 2.45) is 0 Å². The first-order valence-electron chi connectivity index (χ1n) is 10.8. The summed E-state index contributed by atoms with van der Waals surface area (Å²) in [5.74, 6) is 1.15. The largest absolute Gasteiger partial charge is 0.494 e. The Morgan fingerprint density at radius 2 is 1.52 bits per heavy atom. The lowest BCUT2D eigenvalue weighted by atomic mass is 10.1. The zero-order valence-corrected chi connectivity index (χ0v) is 18.8. The SMILES string of the molecule is CCOc1ccc(-n2c(C)c(C(C)=O)c3cc(OC(=O)COc4ccccc4)ccc32)cc1. The van der Waals surface area contributed by atoms with Crippen molar-refractivity contribution in [2.45, 2.75) is 20.8 Å². The Hall–Kier alpha value is -4.06. The molecule has 33 heavy (non-hydrogen) atoms. The second kappa shape index (κ2) is 9.61. The van der Waals surface area contributed by atoms with E-state index in [9.17, 15) is 9.59 Å². The predicted octanol–water partition coefficient (Wildman–Crippen LogP) is 5.52. The molecule has 3 aromatic carbocycles. The molecule has 0 saturated carbocycles. The molecule has 0 atom stereocenters. The fraction of sp³-hybridized carbons (Fsp3) is 0.185. The molecule has 0 fully saturated rings. The molecule has 0 spiro atoms. The van der Waals surface area contributed by atoms with E-state index in [0.29, 0.717) is 23.7 Å². The number of ketones is 1. The number of rotatable bonds is 8. The molecule has 0 N–H and O–H groups in total. The summed E-state index contributed by atoms with van der Waals surface area (Å²) in [4.78, 5) is 24.8. The molecule has 0 amide bonds. The van der Waals surface area contributed by atoms with Crippen molar-refractivity contribution in [1.29, 1.82) is 0 Å². The van der Waals surface area contributed by atoms with Gasteiger partial charge in [-0.3, -0.25) is 4.79 Å².